The summed E-state index contributed by atoms with van der Waals surface area (Å²) >= 11 is 6.14. The second-order valence-corrected chi connectivity index (χ2v) is 7.68. The molecular formula is C21H17ClF6N2O. The summed E-state index contributed by atoms with van der Waals surface area (Å²) in [7, 11) is 0. The second-order valence-electron chi connectivity index (χ2n) is 7.27. The number of aldehydes is 1. The van der Waals surface area contributed by atoms with Crippen LogP contribution in [0, 0.1) is 19.8 Å². The van der Waals surface area contributed by atoms with Gasteiger partial charge in [0, 0.05) is 17.8 Å². The second kappa shape index (κ2) is 7.85. The summed E-state index contributed by atoms with van der Waals surface area (Å²) in [6.07, 6.45) is -12.1. The zero-order valence-corrected chi connectivity index (χ0v) is 17.1. The smallest absolute Gasteiger partial charge is 0.325 e. The van der Waals surface area contributed by atoms with E-state index in [4.69, 9.17) is 11.6 Å². The molecule has 1 aliphatic rings. The third-order valence-electron chi connectivity index (χ3n) is 5.31. The van der Waals surface area contributed by atoms with Gasteiger partial charge in [0.05, 0.1) is 10.9 Å². The molecule has 0 aliphatic carbocycles. The van der Waals surface area contributed by atoms with Crippen molar-refractivity contribution in [2.75, 3.05) is 11.4 Å². The van der Waals surface area contributed by atoms with Crippen LogP contribution in [0.2, 0.25) is 5.02 Å². The lowest BCUT2D eigenvalue weighted by molar-refractivity contribution is -0.306. The maximum Gasteiger partial charge on any atom is 0.423 e. The standard InChI is InChI=1S/C21H17ClF6N2O/c1-12-6-5-7-13(2)17(12)30-10-14(11-31)19(20(23,24)25,21(26,27)28)29-18(30)15-8-3-4-9-16(15)22/h3-9,11,14H,10H2,1-2H3. The van der Waals surface area contributed by atoms with Crippen LogP contribution in [-0.4, -0.2) is 36.6 Å². The van der Waals surface area contributed by atoms with Crippen molar-refractivity contribution in [3.8, 4) is 0 Å². The number of rotatable bonds is 3. The van der Waals surface area contributed by atoms with Gasteiger partial charge < -0.3 is 9.69 Å². The Labute approximate surface area is 179 Å². The first-order valence-corrected chi connectivity index (χ1v) is 9.50. The number of hydrogen-bond acceptors (Lipinski definition) is 3. The van der Waals surface area contributed by atoms with Crippen molar-refractivity contribution in [2.45, 2.75) is 31.7 Å². The maximum atomic E-state index is 14.0. The van der Waals surface area contributed by atoms with Gasteiger partial charge in [0.1, 0.15) is 12.1 Å². The van der Waals surface area contributed by atoms with E-state index in [-0.39, 0.29) is 16.9 Å². The fourth-order valence-electron chi connectivity index (χ4n) is 3.85. The fourth-order valence-corrected chi connectivity index (χ4v) is 4.07. The molecule has 0 fully saturated rings. The Hall–Kier alpha value is -2.55. The molecule has 166 valence electrons. The number of aryl methyl sites for hydroxylation is 2. The van der Waals surface area contributed by atoms with E-state index in [9.17, 15) is 31.1 Å². The van der Waals surface area contributed by atoms with Gasteiger partial charge in [-0.3, -0.25) is 0 Å². The van der Waals surface area contributed by atoms with Gasteiger partial charge in [-0.15, -0.1) is 0 Å². The molecular weight excluding hydrogens is 446 g/mol. The number of anilines is 1. The molecule has 0 saturated carbocycles. The Bertz CT molecular complexity index is 997. The molecule has 1 heterocycles. The van der Waals surface area contributed by atoms with E-state index in [1.165, 1.54) is 29.2 Å². The lowest BCUT2D eigenvalue weighted by Gasteiger charge is -2.45. The summed E-state index contributed by atoms with van der Waals surface area (Å²) in [5, 5.41) is -0.0692. The SMILES string of the molecule is Cc1cccc(C)c1N1CC(C=O)C(C(F)(F)F)(C(F)(F)F)N=C1c1ccccc1Cl. The maximum absolute atomic E-state index is 14.0. The van der Waals surface area contributed by atoms with E-state index in [1.54, 1.807) is 32.0 Å². The molecule has 31 heavy (non-hydrogen) atoms. The summed E-state index contributed by atoms with van der Waals surface area (Å²) in [6, 6.07) is 10.6. The van der Waals surface area contributed by atoms with Crippen LogP contribution in [0.3, 0.4) is 0 Å². The monoisotopic (exact) mass is 462 g/mol. The lowest BCUT2D eigenvalue weighted by atomic mass is 9.80. The summed E-state index contributed by atoms with van der Waals surface area (Å²) in [5.41, 5.74) is -3.14. The molecule has 2 aromatic carbocycles. The molecule has 0 amide bonds. The van der Waals surface area contributed by atoms with Crippen LogP contribution < -0.4 is 4.90 Å². The molecule has 3 nitrogen and oxygen atoms in total. The third-order valence-corrected chi connectivity index (χ3v) is 5.64. The van der Waals surface area contributed by atoms with E-state index in [0.29, 0.717) is 16.8 Å². The summed E-state index contributed by atoms with van der Waals surface area (Å²) < 4.78 is 83.8. The van der Waals surface area contributed by atoms with Gasteiger partial charge in [0.2, 0.25) is 0 Å². The molecule has 1 atom stereocenters. The quantitative estimate of drug-likeness (QED) is 0.420. The van der Waals surface area contributed by atoms with Gasteiger partial charge in [0.25, 0.3) is 5.54 Å². The molecule has 0 saturated heterocycles. The highest BCUT2D eigenvalue weighted by molar-refractivity contribution is 6.35. The first-order valence-electron chi connectivity index (χ1n) is 9.12. The van der Waals surface area contributed by atoms with Crippen LogP contribution >= 0.6 is 11.6 Å². The van der Waals surface area contributed by atoms with Gasteiger partial charge in [0.15, 0.2) is 0 Å². The average molecular weight is 463 g/mol. The van der Waals surface area contributed by atoms with Crippen molar-refractivity contribution >= 4 is 29.4 Å². The summed E-state index contributed by atoms with van der Waals surface area (Å²) in [5.74, 6) is -3.12. The Balaban J connectivity index is 2.43. The van der Waals surface area contributed by atoms with E-state index < -0.39 is 36.2 Å². The van der Waals surface area contributed by atoms with Crippen molar-refractivity contribution in [2.24, 2.45) is 10.9 Å². The van der Waals surface area contributed by atoms with Gasteiger partial charge in [-0.2, -0.15) is 26.3 Å². The number of carbonyl (C=O) groups is 1. The number of amidine groups is 1. The Kier molecular flexibility index (Phi) is 5.86. The predicted octanol–water partition coefficient (Wildman–Crippen LogP) is 5.90. The number of halogens is 7. The number of benzene rings is 2. The molecule has 0 spiro atoms. The first-order chi connectivity index (χ1) is 14.3. The predicted molar refractivity (Wildman–Crippen MR) is 106 cm³/mol. The number of para-hydroxylation sites is 1. The number of hydrogen-bond donors (Lipinski definition) is 0. The van der Waals surface area contributed by atoms with E-state index >= 15 is 0 Å². The van der Waals surface area contributed by atoms with Crippen LogP contribution in [0.4, 0.5) is 32.0 Å². The molecule has 10 heteroatoms. The highest BCUT2D eigenvalue weighted by Gasteiger charge is 2.76. The minimum absolute atomic E-state index is 0.0692. The Morgan fingerprint density at radius 1 is 1.00 bits per heavy atom. The average Bonchev–Trinajstić information content (AvgIpc) is 2.66. The highest BCUT2D eigenvalue weighted by Crippen LogP contribution is 2.53. The Morgan fingerprint density at radius 3 is 2.03 bits per heavy atom. The summed E-state index contributed by atoms with van der Waals surface area (Å²) in [6.45, 7) is 2.45. The van der Waals surface area contributed by atoms with E-state index in [2.05, 4.69) is 4.99 Å². The molecule has 0 aromatic heterocycles. The zero-order valence-electron chi connectivity index (χ0n) is 16.4. The van der Waals surface area contributed by atoms with E-state index in [1.807, 2.05) is 0 Å². The van der Waals surface area contributed by atoms with Crippen molar-refractivity contribution in [3.63, 3.8) is 0 Å². The first kappa shape index (κ1) is 23.1. The molecule has 3 rings (SSSR count). The zero-order chi connectivity index (χ0) is 23.2. The topological polar surface area (TPSA) is 32.7 Å². The normalized spacial score (nSPS) is 19.2. The van der Waals surface area contributed by atoms with Crippen LogP contribution in [0.1, 0.15) is 16.7 Å². The van der Waals surface area contributed by atoms with Crippen LogP contribution in [0.15, 0.2) is 47.5 Å². The van der Waals surface area contributed by atoms with Crippen LogP contribution in [0.25, 0.3) is 0 Å². The number of nitrogens with zero attached hydrogens (tertiary/aromatic N) is 2. The number of carbonyl (C=O) groups excluding carboxylic acids is 1. The molecule has 0 radical (unpaired) electrons. The summed E-state index contributed by atoms with van der Waals surface area (Å²) in [4.78, 5) is 16.1. The largest absolute Gasteiger partial charge is 0.423 e. The lowest BCUT2D eigenvalue weighted by Crippen LogP contribution is -2.66. The van der Waals surface area contributed by atoms with Crippen molar-refractivity contribution < 1.29 is 31.1 Å². The third kappa shape index (κ3) is 3.69. The van der Waals surface area contributed by atoms with Crippen LogP contribution in [-0.2, 0) is 4.79 Å². The van der Waals surface area contributed by atoms with Gasteiger partial charge in [-0.1, -0.05) is 41.9 Å². The highest BCUT2D eigenvalue weighted by atomic mass is 35.5. The number of alkyl halides is 6. The molecule has 0 N–H and O–H groups in total. The van der Waals surface area contributed by atoms with Crippen molar-refractivity contribution in [1.29, 1.82) is 0 Å². The van der Waals surface area contributed by atoms with Crippen molar-refractivity contribution in [1.82, 2.24) is 0 Å². The minimum atomic E-state index is -5.86. The molecule has 0 bridgehead atoms. The minimum Gasteiger partial charge on any atom is -0.325 e. The van der Waals surface area contributed by atoms with Crippen molar-refractivity contribution in [3.05, 3.63) is 64.2 Å². The Morgan fingerprint density at radius 2 is 1.55 bits per heavy atom. The van der Waals surface area contributed by atoms with E-state index in [0.717, 1.165) is 0 Å². The van der Waals surface area contributed by atoms with Gasteiger partial charge in [-0.25, -0.2) is 4.99 Å². The molecule has 2 aromatic rings. The number of aliphatic imine (C=N–C) groups is 1. The van der Waals surface area contributed by atoms with Crippen LogP contribution in [0.5, 0.6) is 0 Å². The molecule has 1 aliphatic heterocycles. The van der Waals surface area contributed by atoms with Gasteiger partial charge >= 0.3 is 12.4 Å². The fraction of sp³-hybridized carbons (Fsp3) is 0.333. The molecule has 1 unspecified atom stereocenters. The van der Waals surface area contributed by atoms with Gasteiger partial charge in [-0.05, 0) is 37.1 Å².